The number of thiazole rings is 1. The van der Waals surface area contributed by atoms with E-state index < -0.39 is 0 Å². The number of fused-ring (bicyclic) bond motifs is 9. The smallest absolute Gasteiger partial charge is 0.195 e. The number of thiophene rings is 1. The minimum Gasteiger partial charge on any atom is -0.285 e. The average Bonchev–Trinajstić information content (AvgIpc) is 3.53. The summed E-state index contributed by atoms with van der Waals surface area (Å²) in [6, 6.07) is 35.1. The maximum atomic E-state index is 5.27. The Kier molecular flexibility index (Phi) is 3.45. The van der Waals surface area contributed by atoms with E-state index in [9.17, 15) is 0 Å². The molecule has 154 valence electrons. The number of benzene rings is 5. The molecule has 0 fully saturated rings. The lowest BCUT2D eigenvalue weighted by molar-refractivity contribution is 1.15. The number of rotatable bonds is 1. The van der Waals surface area contributed by atoms with Crippen molar-refractivity contribution in [2.24, 2.45) is 0 Å². The molecule has 0 radical (unpaired) electrons. The molecule has 0 unspecified atom stereocenters. The van der Waals surface area contributed by atoms with Gasteiger partial charge in [0.15, 0.2) is 5.13 Å². The SMILES string of the molecule is c1ccc2cc3c(cc2c1)c1ccccc1n3-c1nc2c(ccc3sc4ccccc4c32)s1. The van der Waals surface area contributed by atoms with Gasteiger partial charge in [-0.2, -0.15) is 0 Å². The van der Waals surface area contributed by atoms with Gasteiger partial charge in [-0.3, -0.25) is 4.57 Å². The second-order valence-corrected chi connectivity index (χ2v) is 10.5. The highest BCUT2D eigenvalue weighted by molar-refractivity contribution is 7.26. The molecule has 0 aliphatic heterocycles. The van der Waals surface area contributed by atoms with Gasteiger partial charge in [-0.25, -0.2) is 4.98 Å². The highest BCUT2D eigenvalue weighted by Crippen LogP contribution is 2.42. The van der Waals surface area contributed by atoms with E-state index in [1.165, 1.54) is 57.5 Å². The van der Waals surface area contributed by atoms with E-state index in [1.54, 1.807) is 11.3 Å². The predicted molar refractivity (Wildman–Crippen MR) is 144 cm³/mol. The third-order valence-corrected chi connectivity index (χ3v) is 8.76. The van der Waals surface area contributed by atoms with E-state index in [2.05, 4.69) is 102 Å². The lowest BCUT2D eigenvalue weighted by Crippen LogP contribution is -1.92. The van der Waals surface area contributed by atoms with Crippen LogP contribution in [0.1, 0.15) is 0 Å². The molecule has 3 aromatic heterocycles. The van der Waals surface area contributed by atoms with Crippen LogP contribution < -0.4 is 0 Å². The molecule has 0 spiro atoms. The third-order valence-electron chi connectivity index (χ3n) is 6.62. The third kappa shape index (κ3) is 2.39. The second kappa shape index (κ2) is 6.41. The fraction of sp³-hybridized carbons (Fsp3) is 0. The highest BCUT2D eigenvalue weighted by Gasteiger charge is 2.18. The largest absolute Gasteiger partial charge is 0.285 e. The Balaban J connectivity index is 1.52. The molecule has 8 rings (SSSR count). The molecule has 0 atom stereocenters. The Hall–Kier alpha value is -3.73. The Bertz CT molecular complexity index is 2040. The number of aromatic nitrogens is 2. The van der Waals surface area contributed by atoms with E-state index in [0.717, 1.165) is 10.6 Å². The molecular formula is C29H16N2S2. The van der Waals surface area contributed by atoms with E-state index in [4.69, 9.17) is 4.98 Å². The van der Waals surface area contributed by atoms with Crippen molar-refractivity contribution in [1.29, 1.82) is 0 Å². The molecule has 0 saturated carbocycles. The van der Waals surface area contributed by atoms with Crippen LogP contribution in [0.15, 0.2) is 97.1 Å². The monoisotopic (exact) mass is 456 g/mol. The van der Waals surface area contributed by atoms with Gasteiger partial charge in [-0.15, -0.1) is 11.3 Å². The summed E-state index contributed by atoms with van der Waals surface area (Å²) >= 11 is 3.62. The molecule has 0 aliphatic carbocycles. The minimum atomic E-state index is 1.02. The molecule has 8 aromatic rings. The zero-order chi connectivity index (χ0) is 21.5. The molecule has 0 amide bonds. The van der Waals surface area contributed by atoms with Gasteiger partial charge < -0.3 is 0 Å². The van der Waals surface area contributed by atoms with Gasteiger partial charge in [0, 0.05) is 30.9 Å². The van der Waals surface area contributed by atoms with Gasteiger partial charge in [-0.1, -0.05) is 72.0 Å². The summed E-state index contributed by atoms with van der Waals surface area (Å²) in [5.41, 5.74) is 3.52. The average molecular weight is 457 g/mol. The highest BCUT2D eigenvalue weighted by atomic mass is 32.1. The summed E-state index contributed by atoms with van der Waals surface area (Å²) in [5.74, 6) is 0. The van der Waals surface area contributed by atoms with Crippen molar-refractivity contribution in [1.82, 2.24) is 9.55 Å². The first-order valence-corrected chi connectivity index (χ1v) is 12.6. The summed E-state index contributed by atoms with van der Waals surface area (Å²) in [5, 5.41) is 8.66. The van der Waals surface area contributed by atoms with Gasteiger partial charge in [-0.05, 0) is 47.2 Å². The fourth-order valence-electron chi connectivity index (χ4n) is 5.15. The Morgan fingerprint density at radius 3 is 2.18 bits per heavy atom. The first kappa shape index (κ1) is 17.8. The number of hydrogen-bond acceptors (Lipinski definition) is 3. The zero-order valence-electron chi connectivity index (χ0n) is 17.4. The number of nitrogens with zero attached hydrogens (tertiary/aromatic N) is 2. The van der Waals surface area contributed by atoms with Crippen LogP contribution in [0.4, 0.5) is 0 Å². The molecule has 3 heterocycles. The Morgan fingerprint density at radius 1 is 0.545 bits per heavy atom. The Morgan fingerprint density at radius 2 is 1.27 bits per heavy atom. The van der Waals surface area contributed by atoms with Gasteiger partial charge in [0.05, 0.1) is 21.3 Å². The van der Waals surface area contributed by atoms with Crippen LogP contribution in [0.25, 0.3) is 68.1 Å². The topological polar surface area (TPSA) is 17.8 Å². The van der Waals surface area contributed by atoms with Crippen molar-refractivity contribution >= 4 is 85.6 Å². The summed E-state index contributed by atoms with van der Waals surface area (Å²) in [6.07, 6.45) is 0. The van der Waals surface area contributed by atoms with Gasteiger partial charge >= 0.3 is 0 Å². The molecular weight excluding hydrogens is 440 g/mol. The van der Waals surface area contributed by atoms with E-state index in [-0.39, 0.29) is 0 Å². The van der Waals surface area contributed by atoms with Crippen molar-refractivity contribution in [2.45, 2.75) is 0 Å². The molecule has 0 saturated heterocycles. The van der Waals surface area contributed by atoms with Crippen LogP contribution in [0.5, 0.6) is 0 Å². The maximum absolute atomic E-state index is 5.27. The Labute approximate surface area is 196 Å². The first-order chi connectivity index (χ1) is 16.3. The number of hydrogen-bond donors (Lipinski definition) is 0. The fourth-order valence-corrected chi connectivity index (χ4v) is 7.26. The van der Waals surface area contributed by atoms with Crippen molar-refractivity contribution in [3.05, 3.63) is 97.1 Å². The molecule has 4 heteroatoms. The van der Waals surface area contributed by atoms with Crippen molar-refractivity contribution < 1.29 is 0 Å². The standard InChI is InChI=1S/C29H16N2S2/c1-2-8-18-16-23-21(15-17(18)7-1)19-9-3-5-11-22(19)31(23)29-30-28-26(33-29)14-13-25-27(28)20-10-4-6-12-24(20)32-25/h1-16H. The normalized spacial score (nSPS) is 12.2. The summed E-state index contributed by atoms with van der Waals surface area (Å²) in [4.78, 5) is 5.27. The minimum absolute atomic E-state index is 1.02. The van der Waals surface area contributed by atoms with Crippen LogP contribution in [-0.2, 0) is 0 Å². The lowest BCUT2D eigenvalue weighted by atomic mass is 10.1. The van der Waals surface area contributed by atoms with Crippen LogP contribution in [0.3, 0.4) is 0 Å². The van der Waals surface area contributed by atoms with Crippen molar-refractivity contribution in [3.63, 3.8) is 0 Å². The van der Waals surface area contributed by atoms with Gasteiger partial charge in [0.25, 0.3) is 0 Å². The quantitative estimate of drug-likeness (QED) is 0.241. The van der Waals surface area contributed by atoms with Crippen molar-refractivity contribution in [2.75, 3.05) is 0 Å². The van der Waals surface area contributed by atoms with Gasteiger partial charge in [0.1, 0.15) is 0 Å². The van der Waals surface area contributed by atoms with Crippen LogP contribution >= 0.6 is 22.7 Å². The van der Waals surface area contributed by atoms with E-state index >= 15 is 0 Å². The number of para-hydroxylation sites is 1. The second-order valence-electron chi connectivity index (χ2n) is 8.45. The first-order valence-electron chi connectivity index (χ1n) is 11.0. The van der Waals surface area contributed by atoms with Gasteiger partial charge in [0.2, 0.25) is 0 Å². The summed E-state index contributed by atoms with van der Waals surface area (Å²) < 4.78 is 6.20. The molecule has 33 heavy (non-hydrogen) atoms. The van der Waals surface area contributed by atoms with E-state index in [1.807, 2.05) is 11.3 Å². The summed E-state index contributed by atoms with van der Waals surface area (Å²) in [6.45, 7) is 0. The molecule has 0 aliphatic rings. The van der Waals surface area contributed by atoms with Crippen LogP contribution in [0.2, 0.25) is 0 Å². The molecule has 5 aromatic carbocycles. The molecule has 0 N–H and O–H groups in total. The summed E-state index contributed by atoms with van der Waals surface area (Å²) in [7, 11) is 0. The van der Waals surface area contributed by atoms with Crippen molar-refractivity contribution in [3.8, 4) is 5.13 Å². The lowest BCUT2D eigenvalue weighted by Gasteiger charge is -2.04. The maximum Gasteiger partial charge on any atom is 0.195 e. The zero-order valence-corrected chi connectivity index (χ0v) is 19.1. The van der Waals surface area contributed by atoms with Crippen LogP contribution in [-0.4, -0.2) is 9.55 Å². The van der Waals surface area contributed by atoms with Crippen LogP contribution in [0, 0.1) is 0 Å². The molecule has 0 bridgehead atoms. The van der Waals surface area contributed by atoms with E-state index in [0.29, 0.717) is 0 Å². The molecule has 2 nitrogen and oxygen atoms in total. The predicted octanol–water partition coefficient (Wildman–Crippen LogP) is 8.91.